The Morgan fingerprint density at radius 1 is 0.407 bits per heavy atom. The highest BCUT2D eigenvalue weighted by molar-refractivity contribution is 5.70. The molecule has 0 N–H and O–H groups in total. The van der Waals surface area contributed by atoms with Crippen molar-refractivity contribution < 1.29 is 23.8 Å². The van der Waals surface area contributed by atoms with Crippen LogP contribution in [-0.2, 0) is 23.8 Å². The van der Waals surface area contributed by atoms with Gasteiger partial charge in [0, 0.05) is 19.4 Å². The minimum absolute atomic E-state index is 0.0828. The van der Waals surface area contributed by atoms with E-state index in [9.17, 15) is 9.59 Å². The number of hydrogen-bond donors (Lipinski definition) is 0. The van der Waals surface area contributed by atoms with Gasteiger partial charge in [0.1, 0.15) is 6.61 Å². The molecule has 0 fully saturated rings. The number of allylic oxidation sites excluding steroid dienone is 6. The van der Waals surface area contributed by atoms with Crippen LogP contribution in [0.2, 0.25) is 0 Å². The summed E-state index contributed by atoms with van der Waals surface area (Å²) < 4.78 is 17.3. The predicted molar refractivity (Wildman–Crippen MR) is 233 cm³/mol. The molecule has 0 aromatic rings. The Morgan fingerprint density at radius 3 is 1.33 bits per heavy atom. The van der Waals surface area contributed by atoms with E-state index in [4.69, 9.17) is 14.2 Å². The van der Waals surface area contributed by atoms with Gasteiger partial charge >= 0.3 is 11.9 Å². The standard InChI is InChI=1S/C49H90O5/c1-4-7-10-13-16-18-20-21-22-23-24-25-26-27-28-30-32-35-38-41-44-52-45-47(54-49(51)43-40-37-33-15-12-9-6-3)46-53-48(50)42-39-36-34-31-29-19-17-14-11-8-5-2/h14,16-18,21-22,47H,4-13,15,19-20,23-46H2,1-3H3/b17-14-,18-16-,22-21-. The zero-order valence-electron chi connectivity index (χ0n) is 36.2. The van der Waals surface area contributed by atoms with Gasteiger partial charge in [-0.1, -0.05) is 192 Å². The van der Waals surface area contributed by atoms with Crippen molar-refractivity contribution >= 4 is 11.9 Å². The molecule has 1 atom stereocenters. The quantitative estimate of drug-likeness (QED) is 0.0352. The second-order valence-corrected chi connectivity index (χ2v) is 15.7. The van der Waals surface area contributed by atoms with Crippen LogP contribution in [0.1, 0.15) is 239 Å². The minimum Gasteiger partial charge on any atom is -0.462 e. The lowest BCUT2D eigenvalue weighted by Crippen LogP contribution is -2.30. The molecule has 54 heavy (non-hydrogen) atoms. The minimum atomic E-state index is -0.533. The highest BCUT2D eigenvalue weighted by atomic mass is 16.6. The number of carbonyl (C=O) groups excluding carboxylic acids is 2. The molecule has 316 valence electrons. The number of unbranched alkanes of at least 4 members (excludes halogenated alkanes) is 26. The Bertz CT molecular complexity index is 862. The lowest BCUT2D eigenvalue weighted by atomic mass is 10.1. The van der Waals surface area contributed by atoms with Crippen molar-refractivity contribution in [3.05, 3.63) is 36.5 Å². The van der Waals surface area contributed by atoms with Gasteiger partial charge in [0.25, 0.3) is 0 Å². The highest BCUT2D eigenvalue weighted by Gasteiger charge is 2.17. The van der Waals surface area contributed by atoms with Crippen molar-refractivity contribution in [2.75, 3.05) is 19.8 Å². The molecule has 0 saturated heterocycles. The van der Waals surface area contributed by atoms with Crippen LogP contribution in [0.4, 0.5) is 0 Å². The van der Waals surface area contributed by atoms with Gasteiger partial charge in [-0.25, -0.2) is 0 Å². The van der Waals surface area contributed by atoms with Crippen molar-refractivity contribution in [2.45, 2.75) is 245 Å². The monoisotopic (exact) mass is 759 g/mol. The fourth-order valence-electron chi connectivity index (χ4n) is 6.58. The summed E-state index contributed by atoms with van der Waals surface area (Å²) in [5.41, 5.74) is 0. The van der Waals surface area contributed by atoms with Gasteiger partial charge in [-0.2, -0.15) is 0 Å². The molecule has 0 rings (SSSR count). The van der Waals surface area contributed by atoms with Crippen LogP contribution in [0.15, 0.2) is 36.5 Å². The molecule has 5 heteroatoms. The van der Waals surface area contributed by atoms with Gasteiger partial charge in [-0.15, -0.1) is 0 Å². The molecule has 0 heterocycles. The Labute approximate surface area is 336 Å². The topological polar surface area (TPSA) is 61.8 Å². The maximum absolute atomic E-state index is 12.6. The van der Waals surface area contributed by atoms with E-state index in [1.165, 1.54) is 148 Å². The fraction of sp³-hybridized carbons (Fsp3) is 0.837. The zero-order valence-corrected chi connectivity index (χ0v) is 36.2. The zero-order chi connectivity index (χ0) is 39.3. The van der Waals surface area contributed by atoms with Crippen LogP contribution < -0.4 is 0 Å². The number of esters is 2. The molecule has 0 aliphatic rings. The molecule has 0 saturated carbocycles. The van der Waals surface area contributed by atoms with Crippen molar-refractivity contribution in [1.29, 1.82) is 0 Å². The molecule has 0 amide bonds. The molecule has 0 aliphatic carbocycles. The van der Waals surface area contributed by atoms with Gasteiger partial charge < -0.3 is 14.2 Å². The van der Waals surface area contributed by atoms with Crippen LogP contribution in [0.25, 0.3) is 0 Å². The largest absolute Gasteiger partial charge is 0.462 e. The Morgan fingerprint density at radius 2 is 0.796 bits per heavy atom. The first-order valence-corrected chi connectivity index (χ1v) is 23.5. The summed E-state index contributed by atoms with van der Waals surface area (Å²) in [7, 11) is 0. The first-order chi connectivity index (χ1) is 26.6. The summed E-state index contributed by atoms with van der Waals surface area (Å²) >= 11 is 0. The Balaban J connectivity index is 4.08. The molecule has 0 aromatic carbocycles. The van der Waals surface area contributed by atoms with E-state index in [0.29, 0.717) is 19.4 Å². The van der Waals surface area contributed by atoms with Crippen LogP contribution >= 0.6 is 0 Å². The van der Waals surface area contributed by atoms with Gasteiger partial charge in [-0.3, -0.25) is 9.59 Å². The smallest absolute Gasteiger partial charge is 0.306 e. The third-order valence-electron chi connectivity index (χ3n) is 10.1. The average Bonchev–Trinajstić information content (AvgIpc) is 3.17. The fourth-order valence-corrected chi connectivity index (χ4v) is 6.58. The molecule has 5 nitrogen and oxygen atoms in total. The summed E-state index contributed by atoms with van der Waals surface area (Å²) in [6, 6.07) is 0. The van der Waals surface area contributed by atoms with Crippen LogP contribution in [0.5, 0.6) is 0 Å². The molecule has 0 aromatic heterocycles. The van der Waals surface area contributed by atoms with E-state index in [2.05, 4.69) is 57.2 Å². The van der Waals surface area contributed by atoms with Gasteiger partial charge in [0.2, 0.25) is 0 Å². The van der Waals surface area contributed by atoms with Gasteiger partial charge in [0.05, 0.1) is 6.61 Å². The second-order valence-electron chi connectivity index (χ2n) is 15.7. The van der Waals surface area contributed by atoms with Crippen molar-refractivity contribution in [3.8, 4) is 0 Å². The first kappa shape index (κ1) is 52.1. The van der Waals surface area contributed by atoms with E-state index in [1.807, 2.05) is 0 Å². The molecule has 1 unspecified atom stereocenters. The summed E-state index contributed by atoms with van der Waals surface area (Å²) in [5, 5.41) is 0. The lowest BCUT2D eigenvalue weighted by molar-refractivity contribution is -0.163. The molecular weight excluding hydrogens is 669 g/mol. The van der Waals surface area contributed by atoms with E-state index in [0.717, 1.165) is 57.8 Å². The van der Waals surface area contributed by atoms with Crippen LogP contribution in [0, 0.1) is 0 Å². The Hall–Kier alpha value is -1.88. The summed E-state index contributed by atoms with van der Waals surface area (Å²) in [5.74, 6) is -0.409. The van der Waals surface area contributed by atoms with Crippen LogP contribution in [-0.4, -0.2) is 37.9 Å². The van der Waals surface area contributed by atoms with Crippen molar-refractivity contribution in [3.63, 3.8) is 0 Å². The second kappa shape index (κ2) is 45.5. The van der Waals surface area contributed by atoms with Gasteiger partial charge in [-0.05, 0) is 70.6 Å². The summed E-state index contributed by atoms with van der Waals surface area (Å²) in [6.45, 7) is 7.73. The number of rotatable bonds is 43. The van der Waals surface area contributed by atoms with Crippen molar-refractivity contribution in [1.82, 2.24) is 0 Å². The summed E-state index contributed by atoms with van der Waals surface area (Å²) in [6.07, 6.45) is 53.0. The molecule has 0 spiro atoms. The first-order valence-electron chi connectivity index (χ1n) is 23.5. The van der Waals surface area contributed by atoms with Crippen molar-refractivity contribution in [2.24, 2.45) is 0 Å². The maximum atomic E-state index is 12.6. The van der Waals surface area contributed by atoms with E-state index in [-0.39, 0.29) is 25.2 Å². The normalized spacial score (nSPS) is 12.4. The number of ether oxygens (including phenoxy) is 3. The van der Waals surface area contributed by atoms with E-state index >= 15 is 0 Å². The predicted octanol–water partition coefficient (Wildman–Crippen LogP) is 15.4. The molecular formula is C49H90O5. The SMILES string of the molecule is CCCC/C=C\CCCCCCCC(=O)OCC(COCCCCCCCCCCCC/C=C\C/C=C\CCCCC)OC(=O)CCCCCCCCC. The number of hydrogen-bond acceptors (Lipinski definition) is 5. The molecule has 0 radical (unpaired) electrons. The third kappa shape index (κ3) is 42.9. The lowest BCUT2D eigenvalue weighted by Gasteiger charge is -2.18. The molecule has 0 bridgehead atoms. The average molecular weight is 759 g/mol. The van der Waals surface area contributed by atoms with Gasteiger partial charge in [0.15, 0.2) is 6.10 Å². The highest BCUT2D eigenvalue weighted by Crippen LogP contribution is 2.14. The number of carbonyl (C=O) groups is 2. The third-order valence-corrected chi connectivity index (χ3v) is 10.1. The summed E-state index contributed by atoms with van der Waals surface area (Å²) in [4.78, 5) is 25.1. The van der Waals surface area contributed by atoms with Crippen LogP contribution in [0.3, 0.4) is 0 Å². The van der Waals surface area contributed by atoms with E-state index < -0.39 is 6.10 Å². The van der Waals surface area contributed by atoms with E-state index in [1.54, 1.807) is 0 Å². The Kier molecular flexibility index (Phi) is 43.9. The maximum Gasteiger partial charge on any atom is 0.306 e. The molecule has 0 aliphatic heterocycles.